The van der Waals surface area contributed by atoms with Gasteiger partial charge in [0.25, 0.3) is 5.91 Å². The normalized spacial score (nSPS) is 19.0. The number of carbonyl (C=O) groups is 2. The fourth-order valence-electron chi connectivity index (χ4n) is 3.67. The maximum Gasteiger partial charge on any atom is 0.319 e. The van der Waals surface area contributed by atoms with E-state index in [-0.39, 0.29) is 5.91 Å². The summed E-state index contributed by atoms with van der Waals surface area (Å²) in [5.74, 6) is -0.592. The number of hydrogen-bond acceptors (Lipinski definition) is 2. The molecular weight excluding hydrogens is 345 g/mol. The highest BCUT2D eigenvalue weighted by Gasteiger charge is 2.40. The molecule has 2 aliphatic rings. The Bertz CT molecular complexity index is 911. The van der Waals surface area contributed by atoms with Crippen molar-refractivity contribution in [1.82, 2.24) is 15.5 Å². The van der Waals surface area contributed by atoms with Crippen LogP contribution in [0.3, 0.4) is 0 Å². The van der Waals surface area contributed by atoms with Crippen molar-refractivity contribution >= 4 is 11.9 Å². The summed E-state index contributed by atoms with van der Waals surface area (Å²) in [6.07, 6.45) is 1.69. The Morgan fingerprint density at radius 1 is 1.04 bits per heavy atom. The topological polar surface area (TPSA) is 61.4 Å². The Kier molecular flexibility index (Phi) is 4.62. The van der Waals surface area contributed by atoms with E-state index >= 15 is 0 Å². The molecule has 4 rings (SSSR count). The summed E-state index contributed by atoms with van der Waals surface area (Å²) in [6.45, 7) is 0.932. The number of hydrogen-bond donors (Lipinski definition) is 2. The molecule has 0 fully saturated rings. The summed E-state index contributed by atoms with van der Waals surface area (Å²) in [4.78, 5) is 26.7. The summed E-state index contributed by atoms with van der Waals surface area (Å²) >= 11 is 0. The molecule has 0 bridgehead atoms. The molecular formula is C21H20FN3O2. The lowest BCUT2D eigenvalue weighted by atomic mass is 9.96. The monoisotopic (exact) mass is 365 g/mol. The molecule has 2 aliphatic heterocycles. The van der Waals surface area contributed by atoms with Gasteiger partial charge in [0.15, 0.2) is 0 Å². The van der Waals surface area contributed by atoms with Crippen LogP contribution in [0.5, 0.6) is 0 Å². The number of halogens is 1. The quantitative estimate of drug-likeness (QED) is 0.856. The number of carbonyl (C=O) groups excluding carboxylic acids is 2. The minimum absolute atomic E-state index is 0.154. The number of aryl methyl sites for hydroxylation is 1. The van der Waals surface area contributed by atoms with Crippen molar-refractivity contribution in [2.45, 2.75) is 18.9 Å². The molecule has 2 N–H and O–H groups in total. The Morgan fingerprint density at radius 3 is 2.56 bits per heavy atom. The van der Waals surface area contributed by atoms with Gasteiger partial charge in [0, 0.05) is 12.1 Å². The Morgan fingerprint density at radius 2 is 1.78 bits per heavy atom. The number of urea groups is 1. The largest absolute Gasteiger partial charge is 0.333 e. The van der Waals surface area contributed by atoms with Crippen LogP contribution >= 0.6 is 0 Å². The lowest BCUT2D eigenvalue weighted by Gasteiger charge is -2.25. The highest BCUT2D eigenvalue weighted by molar-refractivity contribution is 6.01. The van der Waals surface area contributed by atoms with E-state index in [1.54, 1.807) is 23.1 Å². The van der Waals surface area contributed by atoms with E-state index in [0.717, 1.165) is 12.8 Å². The molecule has 27 heavy (non-hydrogen) atoms. The summed E-state index contributed by atoms with van der Waals surface area (Å²) in [6, 6.07) is 15.1. The van der Waals surface area contributed by atoms with Gasteiger partial charge in [-0.1, -0.05) is 48.5 Å². The molecule has 138 valence electrons. The van der Waals surface area contributed by atoms with Crippen LogP contribution in [0.1, 0.15) is 23.6 Å². The average Bonchev–Trinajstić information content (AvgIpc) is 2.98. The highest BCUT2D eigenvalue weighted by atomic mass is 19.1. The van der Waals surface area contributed by atoms with Gasteiger partial charge in [-0.3, -0.25) is 4.79 Å². The molecule has 0 saturated heterocycles. The highest BCUT2D eigenvalue weighted by Crippen LogP contribution is 2.33. The van der Waals surface area contributed by atoms with Crippen molar-refractivity contribution in [1.29, 1.82) is 0 Å². The molecule has 0 saturated carbocycles. The maximum atomic E-state index is 14.3. The van der Waals surface area contributed by atoms with Crippen molar-refractivity contribution in [2.24, 2.45) is 0 Å². The van der Waals surface area contributed by atoms with Gasteiger partial charge >= 0.3 is 6.03 Å². The third-order valence-electron chi connectivity index (χ3n) is 4.97. The Balaban J connectivity index is 1.49. The second kappa shape index (κ2) is 7.23. The number of rotatable bonds is 5. The molecule has 6 heteroatoms. The number of nitrogens with one attached hydrogen (secondary N) is 2. The van der Waals surface area contributed by atoms with Gasteiger partial charge < -0.3 is 15.5 Å². The van der Waals surface area contributed by atoms with E-state index in [1.165, 1.54) is 11.6 Å². The van der Waals surface area contributed by atoms with Crippen LogP contribution < -0.4 is 10.6 Å². The molecule has 5 nitrogen and oxygen atoms in total. The molecule has 0 aliphatic carbocycles. The third kappa shape index (κ3) is 3.43. The first-order chi connectivity index (χ1) is 13.1. The van der Waals surface area contributed by atoms with Crippen LogP contribution in [0.4, 0.5) is 9.18 Å². The van der Waals surface area contributed by atoms with Gasteiger partial charge in [0.1, 0.15) is 5.82 Å². The molecule has 0 unspecified atom stereocenters. The average molecular weight is 365 g/mol. The molecule has 2 aromatic rings. The fraction of sp³-hybridized carbons (Fsp3) is 0.238. The van der Waals surface area contributed by atoms with Crippen LogP contribution in [-0.2, 0) is 11.2 Å². The lowest BCUT2D eigenvalue weighted by Crippen LogP contribution is -2.44. The van der Waals surface area contributed by atoms with Crippen LogP contribution in [0, 0.1) is 5.82 Å². The maximum absolute atomic E-state index is 14.3. The van der Waals surface area contributed by atoms with Crippen LogP contribution in [0.15, 0.2) is 65.9 Å². The first-order valence-corrected chi connectivity index (χ1v) is 9.01. The van der Waals surface area contributed by atoms with Crippen molar-refractivity contribution in [3.8, 4) is 0 Å². The van der Waals surface area contributed by atoms with Crippen LogP contribution in [0.25, 0.3) is 0 Å². The minimum Gasteiger partial charge on any atom is -0.333 e. The lowest BCUT2D eigenvalue weighted by molar-refractivity contribution is -0.125. The zero-order valence-electron chi connectivity index (χ0n) is 14.7. The molecule has 0 radical (unpaired) electrons. The van der Waals surface area contributed by atoms with Gasteiger partial charge in [-0.25, -0.2) is 9.18 Å². The second-order valence-corrected chi connectivity index (χ2v) is 6.76. The van der Waals surface area contributed by atoms with Gasteiger partial charge in [0.2, 0.25) is 0 Å². The molecule has 0 aromatic heterocycles. The van der Waals surface area contributed by atoms with Crippen LogP contribution in [0.2, 0.25) is 0 Å². The van der Waals surface area contributed by atoms with Crippen LogP contribution in [-0.4, -0.2) is 29.9 Å². The van der Waals surface area contributed by atoms with Crippen molar-refractivity contribution in [2.75, 3.05) is 13.1 Å². The number of benzene rings is 2. The second-order valence-electron chi connectivity index (χ2n) is 6.76. The zero-order chi connectivity index (χ0) is 18.8. The van der Waals surface area contributed by atoms with Gasteiger partial charge in [-0.2, -0.15) is 0 Å². The first-order valence-electron chi connectivity index (χ1n) is 9.01. The van der Waals surface area contributed by atoms with E-state index < -0.39 is 17.9 Å². The predicted molar refractivity (Wildman–Crippen MR) is 99.2 cm³/mol. The first kappa shape index (κ1) is 17.3. The Hall–Kier alpha value is -3.15. The number of nitrogens with zero attached hydrogens (tertiary/aromatic N) is 1. The zero-order valence-corrected chi connectivity index (χ0v) is 14.7. The van der Waals surface area contributed by atoms with Crippen molar-refractivity contribution in [3.63, 3.8) is 0 Å². The fourth-order valence-corrected chi connectivity index (χ4v) is 3.67. The minimum atomic E-state index is -0.762. The summed E-state index contributed by atoms with van der Waals surface area (Å²) in [5, 5.41) is 5.39. The van der Waals surface area contributed by atoms with E-state index in [2.05, 4.69) is 22.8 Å². The van der Waals surface area contributed by atoms with Gasteiger partial charge in [-0.15, -0.1) is 0 Å². The molecule has 3 amide bonds. The smallest absolute Gasteiger partial charge is 0.319 e. The summed E-state index contributed by atoms with van der Waals surface area (Å²) < 4.78 is 14.3. The van der Waals surface area contributed by atoms with E-state index in [1.807, 2.05) is 18.2 Å². The Labute approximate surface area is 156 Å². The molecule has 1 atom stereocenters. The van der Waals surface area contributed by atoms with Crippen molar-refractivity contribution in [3.05, 3.63) is 82.8 Å². The number of amides is 3. The standard InChI is InChI=1S/C21H20FN3O2/c22-16-11-5-4-10-15(16)19-18-17(23-21(27)24-19)13-25(20(18)26)12-6-9-14-7-2-1-3-8-14/h1-5,7-8,10-11,19H,6,9,12-13H2,(H2,23,24,27)/t19-/m1/s1. The van der Waals surface area contributed by atoms with E-state index in [9.17, 15) is 14.0 Å². The van der Waals surface area contributed by atoms with Gasteiger partial charge in [0.05, 0.1) is 23.9 Å². The SMILES string of the molecule is O=C1NC2=C(C(=O)N(CCCc3ccccc3)C2)[C@@H](c2ccccc2F)N1. The predicted octanol–water partition coefficient (Wildman–Crippen LogP) is 2.91. The molecule has 0 spiro atoms. The van der Waals surface area contributed by atoms with E-state index in [4.69, 9.17) is 0 Å². The third-order valence-corrected chi connectivity index (χ3v) is 4.97. The summed E-state index contributed by atoms with van der Waals surface area (Å²) in [7, 11) is 0. The van der Waals surface area contributed by atoms with E-state index in [0.29, 0.717) is 29.9 Å². The van der Waals surface area contributed by atoms with Gasteiger partial charge in [-0.05, 0) is 24.5 Å². The summed E-state index contributed by atoms with van der Waals surface area (Å²) in [5.41, 5.74) is 2.52. The molecule has 2 aromatic carbocycles. The van der Waals surface area contributed by atoms with Crippen molar-refractivity contribution < 1.29 is 14.0 Å². The molecule has 2 heterocycles.